The summed E-state index contributed by atoms with van der Waals surface area (Å²) in [5.74, 6) is 2.04. The van der Waals surface area contributed by atoms with Crippen molar-refractivity contribution >= 4 is 17.3 Å². The third kappa shape index (κ3) is 2.61. The lowest BCUT2D eigenvalue weighted by molar-refractivity contribution is 0.391. The average molecular weight is 331 g/mol. The van der Waals surface area contributed by atoms with Crippen LogP contribution in [0, 0.1) is 0 Å². The van der Waals surface area contributed by atoms with E-state index >= 15 is 0 Å². The van der Waals surface area contributed by atoms with Crippen molar-refractivity contribution in [2.45, 2.75) is 13.3 Å². The zero-order chi connectivity index (χ0) is 16.4. The number of thiazole rings is 1. The highest BCUT2D eigenvalue weighted by Crippen LogP contribution is 2.37. The summed E-state index contributed by atoms with van der Waals surface area (Å²) >= 11 is 1.50. The first-order valence-corrected chi connectivity index (χ1v) is 7.94. The summed E-state index contributed by atoms with van der Waals surface area (Å²) in [6.07, 6.45) is 0.859. The summed E-state index contributed by atoms with van der Waals surface area (Å²) in [5, 5.41) is 10.9. The maximum atomic E-state index is 6.05. The van der Waals surface area contributed by atoms with Gasteiger partial charge in [0, 0.05) is 5.38 Å². The summed E-state index contributed by atoms with van der Waals surface area (Å²) in [6.45, 7) is 2.06. The first kappa shape index (κ1) is 15.3. The molecular formula is C15H17N5O2S. The van der Waals surface area contributed by atoms with Gasteiger partial charge in [-0.05, 0) is 18.6 Å². The van der Waals surface area contributed by atoms with Crippen LogP contribution in [0.2, 0.25) is 0 Å². The summed E-state index contributed by atoms with van der Waals surface area (Å²) in [5.41, 5.74) is 7.71. The van der Waals surface area contributed by atoms with E-state index in [0.717, 1.165) is 17.1 Å². The molecule has 0 aliphatic heterocycles. The molecule has 120 valence electrons. The molecule has 1 aromatic carbocycles. The van der Waals surface area contributed by atoms with Crippen LogP contribution in [0.25, 0.3) is 16.5 Å². The zero-order valence-corrected chi connectivity index (χ0v) is 13.9. The molecule has 3 aromatic rings. The van der Waals surface area contributed by atoms with E-state index in [2.05, 4.69) is 22.1 Å². The summed E-state index contributed by atoms with van der Waals surface area (Å²) in [4.78, 5) is 4.57. The standard InChI is InChI=1S/C15H17N5O2S/c1-4-9-8-23-14(17-9)13-18-19-15(16)20(13)12-10(21-2)6-5-7-11(12)22-3/h5-8H,4H2,1-3H3,(H2,16,19). The van der Waals surface area contributed by atoms with Crippen molar-refractivity contribution in [3.05, 3.63) is 29.3 Å². The van der Waals surface area contributed by atoms with Gasteiger partial charge < -0.3 is 15.2 Å². The number of nitrogens with two attached hydrogens (primary N) is 1. The van der Waals surface area contributed by atoms with Gasteiger partial charge in [0.15, 0.2) is 10.8 Å². The molecule has 0 fully saturated rings. The van der Waals surface area contributed by atoms with Gasteiger partial charge in [-0.1, -0.05) is 13.0 Å². The third-order valence-electron chi connectivity index (χ3n) is 3.42. The van der Waals surface area contributed by atoms with Gasteiger partial charge in [-0.15, -0.1) is 21.5 Å². The monoisotopic (exact) mass is 331 g/mol. The second-order valence-electron chi connectivity index (χ2n) is 4.73. The minimum Gasteiger partial charge on any atom is -0.494 e. The summed E-state index contributed by atoms with van der Waals surface area (Å²) < 4.78 is 12.6. The molecule has 2 N–H and O–H groups in total. The number of aromatic nitrogens is 4. The van der Waals surface area contributed by atoms with Crippen LogP contribution in [0.4, 0.5) is 5.95 Å². The average Bonchev–Trinajstić information content (AvgIpc) is 3.20. The van der Waals surface area contributed by atoms with E-state index in [1.54, 1.807) is 18.8 Å². The first-order chi connectivity index (χ1) is 11.2. The summed E-state index contributed by atoms with van der Waals surface area (Å²) in [6, 6.07) is 5.51. The van der Waals surface area contributed by atoms with E-state index in [-0.39, 0.29) is 5.95 Å². The molecule has 0 radical (unpaired) electrons. The van der Waals surface area contributed by atoms with Crippen molar-refractivity contribution < 1.29 is 9.47 Å². The van der Waals surface area contributed by atoms with Gasteiger partial charge >= 0.3 is 0 Å². The topological polar surface area (TPSA) is 88.1 Å². The van der Waals surface area contributed by atoms with E-state index in [4.69, 9.17) is 15.2 Å². The van der Waals surface area contributed by atoms with E-state index in [0.29, 0.717) is 23.0 Å². The molecule has 0 amide bonds. The highest BCUT2D eigenvalue weighted by atomic mass is 32.1. The van der Waals surface area contributed by atoms with E-state index in [1.165, 1.54) is 11.3 Å². The molecule has 0 aliphatic carbocycles. The van der Waals surface area contributed by atoms with Gasteiger partial charge in [0.1, 0.15) is 17.2 Å². The van der Waals surface area contributed by atoms with Gasteiger partial charge in [-0.3, -0.25) is 4.57 Å². The molecule has 0 saturated carbocycles. The number of hydrogen-bond donors (Lipinski definition) is 1. The number of rotatable bonds is 5. The van der Waals surface area contributed by atoms with Gasteiger partial charge in [-0.2, -0.15) is 0 Å². The molecule has 0 atom stereocenters. The number of nitrogens with zero attached hydrogens (tertiary/aromatic N) is 4. The van der Waals surface area contributed by atoms with Gasteiger partial charge in [0.05, 0.1) is 19.9 Å². The Balaban J connectivity index is 2.24. The molecule has 3 rings (SSSR count). The lowest BCUT2D eigenvalue weighted by atomic mass is 10.2. The number of benzene rings is 1. The van der Waals surface area contributed by atoms with Crippen LogP contribution in [0.5, 0.6) is 11.5 Å². The first-order valence-electron chi connectivity index (χ1n) is 7.06. The van der Waals surface area contributed by atoms with Gasteiger partial charge in [-0.25, -0.2) is 4.98 Å². The van der Waals surface area contributed by atoms with Crippen molar-refractivity contribution in [3.8, 4) is 28.0 Å². The predicted octanol–water partition coefficient (Wildman–Crippen LogP) is 2.55. The zero-order valence-electron chi connectivity index (χ0n) is 13.1. The normalized spacial score (nSPS) is 10.7. The molecule has 7 nitrogen and oxygen atoms in total. The number of anilines is 1. The van der Waals surface area contributed by atoms with Crippen LogP contribution in [-0.2, 0) is 6.42 Å². The lowest BCUT2D eigenvalue weighted by Crippen LogP contribution is -2.06. The second-order valence-corrected chi connectivity index (χ2v) is 5.58. The Morgan fingerprint density at radius 1 is 1.17 bits per heavy atom. The largest absolute Gasteiger partial charge is 0.494 e. The quantitative estimate of drug-likeness (QED) is 0.773. The van der Waals surface area contributed by atoms with Crippen molar-refractivity contribution in [3.63, 3.8) is 0 Å². The highest BCUT2D eigenvalue weighted by Gasteiger charge is 2.22. The SMILES string of the molecule is CCc1csc(-c2nnc(N)n2-c2c(OC)cccc2OC)n1. The molecule has 2 heterocycles. The Morgan fingerprint density at radius 2 is 1.87 bits per heavy atom. The predicted molar refractivity (Wildman–Crippen MR) is 89.4 cm³/mol. The van der Waals surface area contributed by atoms with Crippen LogP contribution < -0.4 is 15.2 Å². The Morgan fingerprint density at radius 3 is 2.43 bits per heavy atom. The number of methoxy groups -OCH3 is 2. The second kappa shape index (κ2) is 6.25. The maximum Gasteiger partial charge on any atom is 0.227 e. The fourth-order valence-corrected chi connectivity index (χ4v) is 3.15. The van der Waals surface area contributed by atoms with Gasteiger partial charge in [0.2, 0.25) is 5.95 Å². The fraction of sp³-hybridized carbons (Fsp3) is 0.267. The molecule has 8 heteroatoms. The minimum atomic E-state index is 0.246. The number of nitrogen functional groups attached to an aromatic ring is 1. The van der Waals surface area contributed by atoms with Crippen molar-refractivity contribution in [1.82, 2.24) is 19.7 Å². The number of para-hydroxylation sites is 1. The number of hydrogen-bond acceptors (Lipinski definition) is 7. The van der Waals surface area contributed by atoms with E-state index in [1.807, 2.05) is 23.6 Å². The van der Waals surface area contributed by atoms with Crippen molar-refractivity contribution in [1.29, 1.82) is 0 Å². The molecule has 23 heavy (non-hydrogen) atoms. The molecular weight excluding hydrogens is 314 g/mol. The Labute approximate surface area is 137 Å². The Bertz CT molecular complexity index is 805. The smallest absolute Gasteiger partial charge is 0.227 e. The van der Waals surface area contributed by atoms with Crippen molar-refractivity contribution in [2.24, 2.45) is 0 Å². The molecule has 0 bridgehead atoms. The van der Waals surface area contributed by atoms with Crippen molar-refractivity contribution in [2.75, 3.05) is 20.0 Å². The van der Waals surface area contributed by atoms with Gasteiger partial charge in [0.25, 0.3) is 0 Å². The lowest BCUT2D eigenvalue weighted by Gasteiger charge is -2.15. The van der Waals surface area contributed by atoms with Crippen LogP contribution in [0.1, 0.15) is 12.6 Å². The molecule has 0 unspecified atom stereocenters. The van der Waals surface area contributed by atoms with Crippen LogP contribution in [-0.4, -0.2) is 34.0 Å². The number of ether oxygens (including phenoxy) is 2. The highest BCUT2D eigenvalue weighted by molar-refractivity contribution is 7.13. The van der Waals surface area contributed by atoms with E-state index < -0.39 is 0 Å². The Hall–Kier alpha value is -2.61. The summed E-state index contributed by atoms with van der Waals surface area (Å²) in [7, 11) is 3.19. The van der Waals surface area contributed by atoms with Crippen LogP contribution >= 0.6 is 11.3 Å². The minimum absolute atomic E-state index is 0.246. The third-order valence-corrected chi connectivity index (χ3v) is 4.31. The molecule has 0 spiro atoms. The molecule has 2 aromatic heterocycles. The van der Waals surface area contributed by atoms with Crippen LogP contribution in [0.15, 0.2) is 23.6 Å². The van der Waals surface area contributed by atoms with E-state index in [9.17, 15) is 0 Å². The number of aryl methyl sites for hydroxylation is 1. The van der Waals surface area contributed by atoms with Crippen LogP contribution in [0.3, 0.4) is 0 Å². The molecule has 0 aliphatic rings. The maximum absolute atomic E-state index is 6.05. The molecule has 0 saturated heterocycles. The fourth-order valence-electron chi connectivity index (χ4n) is 2.28. The Kier molecular flexibility index (Phi) is 4.16.